The van der Waals surface area contributed by atoms with Crippen molar-refractivity contribution in [1.29, 1.82) is 0 Å². The van der Waals surface area contributed by atoms with Crippen molar-refractivity contribution in [2.45, 2.75) is 112 Å². The van der Waals surface area contributed by atoms with Crippen LogP contribution in [0, 0.1) is 5.41 Å². The summed E-state index contributed by atoms with van der Waals surface area (Å²) in [6.07, 6.45) is 7.84. The molecule has 0 bridgehead atoms. The standard InChI is InChI=1S/C14H19O2.3C4H9.Sn/c1-12(2,13(3,4)15)14(10-16-14)11-8-6-5-7-9-11;3*1-3-4-2;/h5-9H,10H2,1-4H3;3*1,3-4H2,2H3;/q-1;;;;+1. The number of ether oxygens (including phenoxy) is 1. The van der Waals surface area contributed by atoms with Gasteiger partial charge in [-0.2, -0.15) is 0 Å². The molecule has 1 aromatic rings. The number of hydrogen-bond donors (Lipinski definition) is 0. The molecule has 3 heteroatoms. The third kappa shape index (κ3) is 5.60. The Labute approximate surface area is 185 Å². The molecule has 1 aliphatic heterocycles. The average Bonchev–Trinajstić information content (AvgIpc) is 3.52. The van der Waals surface area contributed by atoms with Crippen LogP contribution in [0.2, 0.25) is 13.3 Å². The van der Waals surface area contributed by atoms with Gasteiger partial charge in [0.25, 0.3) is 0 Å². The fraction of sp³-hybridized carbons (Fsp3) is 0.769. The Morgan fingerprint density at radius 2 is 1.31 bits per heavy atom. The molecule has 1 aromatic carbocycles. The first-order chi connectivity index (χ1) is 13.7. The fourth-order valence-electron chi connectivity index (χ4n) is 4.85. The predicted molar refractivity (Wildman–Crippen MR) is 128 cm³/mol. The van der Waals surface area contributed by atoms with Gasteiger partial charge in [-0.05, 0) is 0 Å². The molecular weight excluding hydrogens is 463 g/mol. The van der Waals surface area contributed by atoms with Gasteiger partial charge in [0.05, 0.1) is 0 Å². The minimum absolute atomic E-state index is 0.0891. The van der Waals surface area contributed by atoms with Crippen molar-refractivity contribution in [3.63, 3.8) is 0 Å². The van der Waals surface area contributed by atoms with E-state index in [9.17, 15) is 0 Å². The van der Waals surface area contributed by atoms with Gasteiger partial charge in [-0.25, -0.2) is 0 Å². The van der Waals surface area contributed by atoms with Gasteiger partial charge in [0, 0.05) is 0 Å². The molecule has 0 spiro atoms. The van der Waals surface area contributed by atoms with Crippen molar-refractivity contribution >= 4 is 18.8 Å². The molecule has 0 aliphatic carbocycles. The molecule has 0 amide bonds. The first-order valence-corrected chi connectivity index (χ1v) is 19.3. The summed E-state index contributed by atoms with van der Waals surface area (Å²) in [6, 6.07) is 10.8. The Balaban J connectivity index is 2.33. The van der Waals surface area contributed by atoms with Gasteiger partial charge in [0.1, 0.15) is 0 Å². The van der Waals surface area contributed by atoms with E-state index in [0.29, 0.717) is 0 Å². The molecule has 2 rings (SSSR count). The predicted octanol–water partition coefficient (Wildman–Crippen LogP) is 8.08. The van der Waals surface area contributed by atoms with E-state index in [1.807, 2.05) is 0 Å². The molecular formula is C26H46O2Sn. The maximum absolute atomic E-state index is 7.47. The molecule has 0 N–H and O–H groups in total. The van der Waals surface area contributed by atoms with Crippen molar-refractivity contribution in [3.8, 4) is 0 Å². The van der Waals surface area contributed by atoms with Gasteiger partial charge in [0.2, 0.25) is 0 Å². The van der Waals surface area contributed by atoms with Gasteiger partial charge in [0.15, 0.2) is 0 Å². The number of hydrogen-bond acceptors (Lipinski definition) is 2. The van der Waals surface area contributed by atoms with Crippen LogP contribution >= 0.6 is 0 Å². The van der Waals surface area contributed by atoms with Crippen molar-refractivity contribution in [1.82, 2.24) is 0 Å². The molecule has 1 saturated heterocycles. The third-order valence-electron chi connectivity index (χ3n) is 7.62. The first kappa shape index (κ1) is 25.2. The van der Waals surface area contributed by atoms with Crippen LogP contribution in [0.4, 0.5) is 0 Å². The van der Waals surface area contributed by atoms with E-state index in [1.165, 1.54) is 57.4 Å². The number of rotatable bonds is 14. The molecule has 29 heavy (non-hydrogen) atoms. The maximum atomic E-state index is 7.47. The quantitative estimate of drug-likeness (QED) is 0.187. The van der Waals surface area contributed by atoms with Crippen LogP contribution in [0.1, 0.15) is 92.6 Å². The van der Waals surface area contributed by atoms with Crippen molar-refractivity contribution < 1.29 is 7.81 Å². The fourth-order valence-corrected chi connectivity index (χ4v) is 20.2. The Kier molecular flexibility index (Phi) is 9.13. The molecule has 0 aromatic heterocycles. The normalized spacial score (nSPS) is 20.1. The summed E-state index contributed by atoms with van der Waals surface area (Å²) in [6.45, 7) is 17.3. The number of epoxide rings is 1. The van der Waals surface area contributed by atoms with Gasteiger partial charge in [-0.15, -0.1) is 0 Å². The third-order valence-corrected chi connectivity index (χ3v) is 21.1. The van der Waals surface area contributed by atoms with E-state index in [4.69, 9.17) is 7.81 Å². The molecule has 1 heterocycles. The van der Waals surface area contributed by atoms with Gasteiger partial charge < -0.3 is 0 Å². The molecule has 1 unspecified atom stereocenters. The molecule has 0 radical (unpaired) electrons. The Morgan fingerprint density at radius 3 is 1.69 bits per heavy atom. The summed E-state index contributed by atoms with van der Waals surface area (Å²) in [5, 5.41) is 0. The number of unbranched alkanes of at least 4 members (excludes halogenated alkanes) is 3. The SMILES string of the molecule is CCC[CH2][Sn]([CH2]CCC)([CH2]CCC)[O]C(C)(C)C(C)(C)C1(c2ccccc2)CO1. The zero-order valence-electron chi connectivity index (χ0n) is 20.3. The zero-order chi connectivity index (χ0) is 21.6. The van der Waals surface area contributed by atoms with Crippen LogP contribution in [-0.2, 0) is 13.4 Å². The average molecular weight is 509 g/mol. The van der Waals surface area contributed by atoms with Gasteiger partial charge in [-0.1, -0.05) is 0 Å². The summed E-state index contributed by atoms with van der Waals surface area (Å²) < 4.78 is 17.8. The Bertz CT molecular complexity index is 583. The first-order valence-electron chi connectivity index (χ1n) is 12.1. The van der Waals surface area contributed by atoms with Crippen LogP contribution in [0.3, 0.4) is 0 Å². The van der Waals surface area contributed by atoms with Crippen LogP contribution in [0.5, 0.6) is 0 Å². The van der Waals surface area contributed by atoms with Crippen LogP contribution in [0.25, 0.3) is 0 Å². The Morgan fingerprint density at radius 1 is 0.862 bits per heavy atom. The summed E-state index contributed by atoms with van der Waals surface area (Å²) in [4.78, 5) is 0. The second-order valence-electron chi connectivity index (χ2n) is 10.2. The summed E-state index contributed by atoms with van der Waals surface area (Å²) in [5.41, 5.74) is 0.798. The van der Waals surface area contributed by atoms with E-state index in [2.05, 4.69) is 78.8 Å². The molecule has 1 atom stereocenters. The summed E-state index contributed by atoms with van der Waals surface area (Å²) in [7, 11) is 0. The van der Waals surface area contributed by atoms with Crippen molar-refractivity contribution in [2.24, 2.45) is 5.41 Å². The van der Waals surface area contributed by atoms with E-state index in [0.717, 1.165) is 6.61 Å². The molecule has 1 aliphatic rings. The topological polar surface area (TPSA) is 21.8 Å². The van der Waals surface area contributed by atoms with Crippen molar-refractivity contribution in [3.05, 3.63) is 35.9 Å². The van der Waals surface area contributed by atoms with E-state index in [-0.39, 0.29) is 16.6 Å². The van der Waals surface area contributed by atoms with Crippen LogP contribution < -0.4 is 0 Å². The molecule has 166 valence electrons. The van der Waals surface area contributed by atoms with E-state index < -0.39 is 18.8 Å². The monoisotopic (exact) mass is 510 g/mol. The molecule has 2 nitrogen and oxygen atoms in total. The summed E-state index contributed by atoms with van der Waals surface area (Å²) >= 11 is -2.73. The summed E-state index contributed by atoms with van der Waals surface area (Å²) in [5.74, 6) is 0. The Hall–Kier alpha value is -0.0613. The van der Waals surface area contributed by atoms with E-state index in [1.54, 1.807) is 0 Å². The zero-order valence-corrected chi connectivity index (χ0v) is 23.1. The van der Waals surface area contributed by atoms with Crippen LogP contribution in [0.15, 0.2) is 30.3 Å². The molecule has 0 saturated carbocycles. The van der Waals surface area contributed by atoms with Gasteiger partial charge >= 0.3 is 186 Å². The second-order valence-corrected chi connectivity index (χ2v) is 21.8. The molecule has 1 fully saturated rings. The minimum atomic E-state index is -2.73. The second kappa shape index (κ2) is 10.5. The van der Waals surface area contributed by atoms with Crippen molar-refractivity contribution in [2.75, 3.05) is 6.61 Å². The van der Waals surface area contributed by atoms with Gasteiger partial charge in [-0.3, -0.25) is 0 Å². The van der Waals surface area contributed by atoms with E-state index >= 15 is 0 Å². The van der Waals surface area contributed by atoms with Crippen LogP contribution in [-0.4, -0.2) is 31.0 Å². The number of benzene rings is 1.